The highest BCUT2D eigenvalue weighted by Crippen LogP contribution is 2.44. The molecule has 3 nitrogen and oxygen atoms in total. The first-order valence-electron chi connectivity index (χ1n) is 4.43. The molecule has 2 rings (SSSR count). The van der Waals surface area contributed by atoms with Gasteiger partial charge >= 0.3 is 0 Å². The lowest BCUT2D eigenvalue weighted by Crippen LogP contribution is -1.94. The van der Waals surface area contributed by atoms with Crippen molar-refractivity contribution in [2.75, 3.05) is 0 Å². The monoisotopic (exact) mass is 177 g/mol. The summed E-state index contributed by atoms with van der Waals surface area (Å²) in [4.78, 5) is 10.4. The fraction of sp³-hybridized carbons (Fsp3) is 0.400. The average molecular weight is 177 g/mol. The van der Waals surface area contributed by atoms with Gasteiger partial charge in [0, 0.05) is 11.6 Å². The summed E-state index contributed by atoms with van der Waals surface area (Å²) in [5.74, 6) is 0.445. The first kappa shape index (κ1) is 8.23. The number of rotatable bonds is 2. The van der Waals surface area contributed by atoms with Crippen molar-refractivity contribution < 1.29 is 4.92 Å². The molecule has 0 bridgehead atoms. The van der Waals surface area contributed by atoms with Gasteiger partial charge in [0.2, 0.25) is 0 Å². The van der Waals surface area contributed by atoms with Crippen LogP contribution in [0.1, 0.15) is 29.9 Å². The number of aryl methyl sites for hydroxylation is 1. The molecule has 13 heavy (non-hydrogen) atoms. The highest BCUT2D eigenvalue weighted by molar-refractivity contribution is 5.46. The predicted octanol–water partition coefficient (Wildman–Crippen LogP) is 2.78. The second-order valence-electron chi connectivity index (χ2n) is 3.59. The van der Waals surface area contributed by atoms with E-state index in [-0.39, 0.29) is 4.92 Å². The third-order valence-electron chi connectivity index (χ3n) is 2.40. The van der Waals surface area contributed by atoms with Crippen molar-refractivity contribution in [2.24, 2.45) is 0 Å². The highest BCUT2D eigenvalue weighted by Gasteiger charge is 2.30. The molecule has 0 N–H and O–H groups in total. The zero-order valence-corrected chi connectivity index (χ0v) is 7.49. The SMILES string of the molecule is Cc1ccc(C2CC2)c([N+](=O)[O-])c1. The van der Waals surface area contributed by atoms with Crippen LogP contribution in [0.25, 0.3) is 0 Å². The van der Waals surface area contributed by atoms with E-state index >= 15 is 0 Å². The van der Waals surface area contributed by atoms with Crippen LogP contribution in [0.4, 0.5) is 5.69 Å². The summed E-state index contributed by atoms with van der Waals surface area (Å²) >= 11 is 0. The van der Waals surface area contributed by atoms with Crippen molar-refractivity contribution >= 4 is 5.69 Å². The normalized spacial score (nSPS) is 15.8. The Hall–Kier alpha value is -1.38. The first-order valence-corrected chi connectivity index (χ1v) is 4.43. The molecule has 1 aromatic rings. The van der Waals surface area contributed by atoms with Crippen molar-refractivity contribution in [3.63, 3.8) is 0 Å². The highest BCUT2D eigenvalue weighted by atomic mass is 16.6. The van der Waals surface area contributed by atoms with Crippen LogP contribution >= 0.6 is 0 Å². The Morgan fingerprint density at radius 2 is 2.15 bits per heavy atom. The Morgan fingerprint density at radius 3 is 2.69 bits per heavy atom. The van der Waals surface area contributed by atoms with E-state index in [1.165, 1.54) is 0 Å². The van der Waals surface area contributed by atoms with Crippen LogP contribution in [0.5, 0.6) is 0 Å². The lowest BCUT2D eigenvalue weighted by Gasteiger charge is -2.01. The summed E-state index contributed by atoms with van der Waals surface area (Å²) in [5.41, 5.74) is 2.16. The fourth-order valence-electron chi connectivity index (χ4n) is 1.55. The predicted molar refractivity (Wildman–Crippen MR) is 49.8 cm³/mol. The molecule has 3 heteroatoms. The summed E-state index contributed by atoms with van der Waals surface area (Å²) < 4.78 is 0. The Bertz CT molecular complexity index is 356. The van der Waals surface area contributed by atoms with E-state index in [4.69, 9.17) is 0 Å². The lowest BCUT2D eigenvalue weighted by molar-refractivity contribution is -0.385. The van der Waals surface area contributed by atoms with E-state index in [9.17, 15) is 10.1 Å². The first-order chi connectivity index (χ1) is 6.18. The maximum Gasteiger partial charge on any atom is 0.273 e. The van der Waals surface area contributed by atoms with E-state index < -0.39 is 0 Å². The van der Waals surface area contributed by atoms with Crippen molar-refractivity contribution in [1.29, 1.82) is 0 Å². The number of hydrogen-bond acceptors (Lipinski definition) is 2. The molecular formula is C10H11NO2. The van der Waals surface area contributed by atoms with E-state index in [1.807, 2.05) is 19.1 Å². The van der Waals surface area contributed by atoms with E-state index in [0.717, 1.165) is 24.0 Å². The molecule has 0 heterocycles. The van der Waals surface area contributed by atoms with Crippen LogP contribution in [0.2, 0.25) is 0 Å². The zero-order chi connectivity index (χ0) is 9.42. The summed E-state index contributed by atoms with van der Waals surface area (Å²) in [6.45, 7) is 1.88. The maximum atomic E-state index is 10.7. The van der Waals surface area contributed by atoms with Gasteiger partial charge in [-0.3, -0.25) is 10.1 Å². The number of nitro groups is 1. The van der Waals surface area contributed by atoms with Crippen LogP contribution in [-0.4, -0.2) is 4.92 Å². The van der Waals surface area contributed by atoms with Gasteiger partial charge in [0.1, 0.15) is 0 Å². The van der Waals surface area contributed by atoms with Crippen LogP contribution in [0.15, 0.2) is 18.2 Å². The Kier molecular flexibility index (Phi) is 1.79. The molecule has 1 saturated carbocycles. The average Bonchev–Trinajstić information content (AvgIpc) is 2.87. The van der Waals surface area contributed by atoms with Gasteiger partial charge in [0.15, 0.2) is 0 Å². The lowest BCUT2D eigenvalue weighted by atomic mass is 10.1. The molecule has 0 saturated heterocycles. The minimum absolute atomic E-state index is 0.277. The smallest absolute Gasteiger partial charge is 0.258 e. The third kappa shape index (κ3) is 1.54. The summed E-state index contributed by atoms with van der Waals surface area (Å²) in [5, 5.41) is 10.7. The Morgan fingerprint density at radius 1 is 1.46 bits per heavy atom. The molecule has 0 radical (unpaired) electrons. The fourth-order valence-corrected chi connectivity index (χ4v) is 1.55. The standard InChI is InChI=1S/C10H11NO2/c1-7-2-5-9(8-3-4-8)10(6-7)11(12)13/h2,5-6,8H,3-4H2,1H3. The molecule has 0 atom stereocenters. The second-order valence-corrected chi connectivity index (χ2v) is 3.59. The summed E-state index contributed by atoms with van der Waals surface area (Å²) in [6, 6.07) is 5.50. The number of nitrogens with zero attached hydrogens (tertiary/aromatic N) is 1. The maximum absolute atomic E-state index is 10.7. The van der Waals surface area contributed by atoms with Crippen molar-refractivity contribution in [3.05, 3.63) is 39.4 Å². The number of benzene rings is 1. The third-order valence-corrected chi connectivity index (χ3v) is 2.40. The molecule has 0 amide bonds. The van der Waals surface area contributed by atoms with Gasteiger partial charge in [0.25, 0.3) is 5.69 Å². The van der Waals surface area contributed by atoms with Crippen LogP contribution in [0, 0.1) is 17.0 Å². The van der Waals surface area contributed by atoms with Gasteiger partial charge in [-0.05, 0) is 31.2 Å². The van der Waals surface area contributed by atoms with Crippen molar-refractivity contribution in [1.82, 2.24) is 0 Å². The minimum Gasteiger partial charge on any atom is -0.258 e. The van der Waals surface area contributed by atoms with Gasteiger partial charge in [-0.25, -0.2) is 0 Å². The van der Waals surface area contributed by atoms with Crippen LogP contribution in [-0.2, 0) is 0 Å². The molecule has 1 aliphatic carbocycles. The topological polar surface area (TPSA) is 43.1 Å². The molecule has 1 fully saturated rings. The summed E-state index contributed by atoms with van der Waals surface area (Å²) in [6.07, 6.45) is 2.20. The van der Waals surface area contributed by atoms with E-state index in [0.29, 0.717) is 11.6 Å². The Labute approximate surface area is 76.5 Å². The van der Waals surface area contributed by atoms with E-state index in [2.05, 4.69) is 0 Å². The van der Waals surface area contributed by atoms with Crippen molar-refractivity contribution in [2.45, 2.75) is 25.7 Å². The Balaban J connectivity index is 2.47. The van der Waals surface area contributed by atoms with Gasteiger partial charge in [0.05, 0.1) is 4.92 Å². The number of hydrogen-bond donors (Lipinski definition) is 0. The van der Waals surface area contributed by atoms with Gasteiger partial charge < -0.3 is 0 Å². The largest absolute Gasteiger partial charge is 0.273 e. The van der Waals surface area contributed by atoms with Crippen molar-refractivity contribution in [3.8, 4) is 0 Å². The molecular weight excluding hydrogens is 166 g/mol. The second kappa shape index (κ2) is 2.83. The van der Waals surface area contributed by atoms with Gasteiger partial charge in [-0.15, -0.1) is 0 Å². The molecule has 0 aromatic heterocycles. The minimum atomic E-state index is -0.277. The molecule has 0 unspecified atom stereocenters. The molecule has 0 aliphatic heterocycles. The zero-order valence-electron chi connectivity index (χ0n) is 7.49. The quantitative estimate of drug-likeness (QED) is 0.515. The van der Waals surface area contributed by atoms with Crippen LogP contribution < -0.4 is 0 Å². The van der Waals surface area contributed by atoms with Crippen LogP contribution in [0.3, 0.4) is 0 Å². The van der Waals surface area contributed by atoms with Gasteiger partial charge in [-0.2, -0.15) is 0 Å². The molecule has 1 aliphatic rings. The van der Waals surface area contributed by atoms with Gasteiger partial charge in [-0.1, -0.05) is 12.1 Å². The number of nitro benzene ring substituents is 1. The molecule has 68 valence electrons. The van der Waals surface area contributed by atoms with E-state index in [1.54, 1.807) is 6.07 Å². The molecule has 1 aromatic carbocycles. The molecule has 0 spiro atoms. The summed E-state index contributed by atoms with van der Waals surface area (Å²) in [7, 11) is 0.